The van der Waals surface area contributed by atoms with E-state index in [4.69, 9.17) is 5.11 Å². The molecule has 2 unspecified atom stereocenters. The molecule has 0 aromatic heterocycles. The van der Waals surface area contributed by atoms with Crippen molar-refractivity contribution in [2.24, 2.45) is 5.92 Å². The molecule has 2 N–H and O–H groups in total. The summed E-state index contributed by atoms with van der Waals surface area (Å²) < 4.78 is 0. The van der Waals surface area contributed by atoms with Crippen LogP contribution in [0, 0.1) is 5.92 Å². The molecule has 1 rings (SSSR count). The lowest BCUT2D eigenvalue weighted by Gasteiger charge is -2.35. The van der Waals surface area contributed by atoms with Gasteiger partial charge in [0.05, 0.1) is 6.04 Å². The molecular formula is C15H28N2O3. The highest BCUT2D eigenvalue weighted by molar-refractivity contribution is 5.82. The normalized spacial score (nSPS) is 22.8. The second kappa shape index (κ2) is 8.25. The number of hydrogen-bond acceptors (Lipinski definition) is 3. The highest BCUT2D eigenvalue weighted by Gasteiger charge is 2.30. The number of carboxylic acids is 1. The summed E-state index contributed by atoms with van der Waals surface area (Å²) in [5, 5.41) is 12.0. The number of carboxylic acid groups (broad SMARTS) is 1. The molecule has 0 aromatic carbocycles. The Morgan fingerprint density at radius 2 is 2.10 bits per heavy atom. The van der Waals surface area contributed by atoms with E-state index in [0.29, 0.717) is 18.9 Å². The average molecular weight is 284 g/mol. The summed E-state index contributed by atoms with van der Waals surface area (Å²) in [7, 11) is 0. The van der Waals surface area contributed by atoms with E-state index in [9.17, 15) is 9.59 Å². The first-order valence-electron chi connectivity index (χ1n) is 7.71. The summed E-state index contributed by atoms with van der Waals surface area (Å²) in [5.41, 5.74) is 0. The smallest absolute Gasteiger partial charge is 0.303 e. The Kier molecular flexibility index (Phi) is 6.99. The van der Waals surface area contributed by atoms with Gasteiger partial charge in [-0.25, -0.2) is 0 Å². The maximum atomic E-state index is 12.6. The van der Waals surface area contributed by atoms with E-state index < -0.39 is 5.97 Å². The summed E-state index contributed by atoms with van der Waals surface area (Å²) in [5.74, 6) is -0.0511. The summed E-state index contributed by atoms with van der Waals surface area (Å²) >= 11 is 0. The van der Waals surface area contributed by atoms with Crippen LogP contribution in [-0.2, 0) is 9.59 Å². The van der Waals surface area contributed by atoms with Crippen LogP contribution >= 0.6 is 0 Å². The first-order chi connectivity index (χ1) is 9.45. The number of nitrogens with one attached hydrogen (secondary N) is 1. The molecule has 0 bridgehead atoms. The molecule has 5 nitrogen and oxygen atoms in total. The van der Waals surface area contributed by atoms with E-state index in [1.807, 2.05) is 18.7 Å². The highest BCUT2D eigenvalue weighted by Crippen LogP contribution is 2.21. The molecule has 1 aliphatic heterocycles. The maximum Gasteiger partial charge on any atom is 0.303 e. The molecule has 1 saturated heterocycles. The van der Waals surface area contributed by atoms with Gasteiger partial charge < -0.3 is 15.3 Å². The minimum atomic E-state index is -0.803. The number of hydrogen-bond donors (Lipinski definition) is 2. The van der Waals surface area contributed by atoms with Crippen LogP contribution in [-0.4, -0.2) is 47.1 Å². The van der Waals surface area contributed by atoms with Crippen molar-refractivity contribution >= 4 is 11.9 Å². The first-order valence-corrected chi connectivity index (χ1v) is 7.71. The molecule has 1 amide bonds. The largest absolute Gasteiger partial charge is 0.481 e. The van der Waals surface area contributed by atoms with Gasteiger partial charge in [0.25, 0.3) is 0 Å². The third kappa shape index (κ3) is 5.12. The molecule has 0 saturated carbocycles. The van der Waals surface area contributed by atoms with E-state index in [-0.39, 0.29) is 24.4 Å². The number of rotatable bonds is 7. The summed E-state index contributed by atoms with van der Waals surface area (Å²) in [4.78, 5) is 25.0. The topological polar surface area (TPSA) is 69.6 Å². The molecule has 0 aliphatic carbocycles. The molecule has 0 spiro atoms. The van der Waals surface area contributed by atoms with Gasteiger partial charge in [0.2, 0.25) is 5.91 Å². The van der Waals surface area contributed by atoms with Gasteiger partial charge in [0.15, 0.2) is 0 Å². The summed E-state index contributed by atoms with van der Waals surface area (Å²) in [6, 6.07) is 0.0148. The SMILES string of the molecule is CCC1CCNC(C(=O)N(CCCC(=O)O)C(C)C)C1. The minimum Gasteiger partial charge on any atom is -0.481 e. The molecule has 20 heavy (non-hydrogen) atoms. The van der Waals surface area contributed by atoms with Crippen molar-refractivity contribution in [2.45, 2.75) is 65.0 Å². The van der Waals surface area contributed by atoms with Crippen molar-refractivity contribution in [3.05, 3.63) is 0 Å². The third-order valence-corrected chi connectivity index (χ3v) is 4.08. The van der Waals surface area contributed by atoms with E-state index >= 15 is 0 Å². The Labute approximate surface area is 121 Å². The van der Waals surface area contributed by atoms with Crippen LogP contribution in [0.3, 0.4) is 0 Å². The zero-order valence-electron chi connectivity index (χ0n) is 12.9. The number of nitrogens with zero attached hydrogens (tertiary/aromatic N) is 1. The lowest BCUT2D eigenvalue weighted by molar-refractivity contribution is -0.139. The Morgan fingerprint density at radius 1 is 1.40 bits per heavy atom. The van der Waals surface area contributed by atoms with Crippen LogP contribution < -0.4 is 5.32 Å². The maximum absolute atomic E-state index is 12.6. The summed E-state index contributed by atoms with van der Waals surface area (Å²) in [6.07, 6.45) is 3.79. The van der Waals surface area contributed by atoms with Gasteiger partial charge in [0, 0.05) is 19.0 Å². The molecule has 0 radical (unpaired) electrons. The standard InChI is InChI=1S/C15H28N2O3/c1-4-12-7-8-16-13(10-12)15(20)17(11(2)3)9-5-6-14(18)19/h11-13,16H,4-10H2,1-3H3,(H,18,19). The van der Waals surface area contributed by atoms with E-state index in [1.165, 1.54) is 0 Å². The number of carbonyl (C=O) groups is 2. The van der Waals surface area contributed by atoms with Crippen molar-refractivity contribution in [3.8, 4) is 0 Å². The fraction of sp³-hybridized carbons (Fsp3) is 0.867. The van der Waals surface area contributed by atoms with Gasteiger partial charge in [-0.1, -0.05) is 13.3 Å². The Morgan fingerprint density at radius 3 is 2.65 bits per heavy atom. The van der Waals surface area contributed by atoms with Gasteiger partial charge in [0.1, 0.15) is 0 Å². The van der Waals surface area contributed by atoms with Gasteiger partial charge in [-0.3, -0.25) is 9.59 Å². The molecule has 5 heteroatoms. The van der Waals surface area contributed by atoms with E-state index in [1.54, 1.807) is 0 Å². The zero-order chi connectivity index (χ0) is 15.1. The lowest BCUT2D eigenvalue weighted by atomic mass is 9.89. The van der Waals surface area contributed by atoms with Crippen LogP contribution in [0.2, 0.25) is 0 Å². The Balaban J connectivity index is 2.56. The number of aliphatic carboxylic acids is 1. The quantitative estimate of drug-likeness (QED) is 0.749. The van der Waals surface area contributed by atoms with Crippen LogP contribution in [0.4, 0.5) is 0 Å². The molecule has 0 aromatic rings. The average Bonchev–Trinajstić information content (AvgIpc) is 2.42. The van der Waals surface area contributed by atoms with E-state index in [0.717, 1.165) is 25.8 Å². The second-order valence-corrected chi connectivity index (χ2v) is 5.93. The minimum absolute atomic E-state index is 0.0964. The fourth-order valence-electron chi connectivity index (χ4n) is 2.78. The van der Waals surface area contributed by atoms with Crippen molar-refractivity contribution in [1.29, 1.82) is 0 Å². The third-order valence-electron chi connectivity index (χ3n) is 4.08. The number of amides is 1. The Bertz CT molecular complexity index is 331. The van der Waals surface area contributed by atoms with Crippen molar-refractivity contribution < 1.29 is 14.7 Å². The van der Waals surface area contributed by atoms with Gasteiger partial charge in [-0.2, -0.15) is 0 Å². The first kappa shape index (κ1) is 17.0. The van der Waals surface area contributed by atoms with Crippen molar-refractivity contribution in [1.82, 2.24) is 10.2 Å². The van der Waals surface area contributed by atoms with Gasteiger partial charge >= 0.3 is 5.97 Å². The molecule has 1 fully saturated rings. The van der Waals surface area contributed by atoms with Gasteiger partial charge in [-0.15, -0.1) is 0 Å². The van der Waals surface area contributed by atoms with Crippen molar-refractivity contribution in [2.75, 3.05) is 13.1 Å². The molecule has 1 heterocycles. The molecule has 2 atom stereocenters. The molecule has 1 aliphatic rings. The van der Waals surface area contributed by atoms with E-state index in [2.05, 4.69) is 12.2 Å². The lowest BCUT2D eigenvalue weighted by Crippen LogP contribution is -2.52. The van der Waals surface area contributed by atoms with Crippen LogP contribution in [0.15, 0.2) is 0 Å². The predicted octanol–water partition coefficient (Wildman–Crippen LogP) is 1.87. The monoisotopic (exact) mass is 284 g/mol. The van der Waals surface area contributed by atoms with Crippen molar-refractivity contribution in [3.63, 3.8) is 0 Å². The summed E-state index contributed by atoms with van der Waals surface area (Å²) in [6.45, 7) is 7.57. The van der Waals surface area contributed by atoms with Crippen LogP contribution in [0.5, 0.6) is 0 Å². The Hall–Kier alpha value is -1.10. The van der Waals surface area contributed by atoms with Gasteiger partial charge in [-0.05, 0) is 45.6 Å². The number of piperidine rings is 1. The second-order valence-electron chi connectivity index (χ2n) is 5.93. The van der Waals surface area contributed by atoms with Crippen LogP contribution in [0.25, 0.3) is 0 Å². The van der Waals surface area contributed by atoms with Crippen LogP contribution in [0.1, 0.15) is 52.9 Å². The zero-order valence-corrected chi connectivity index (χ0v) is 12.9. The number of carbonyl (C=O) groups excluding carboxylic acids is 1. The highest BCUT2D eigenvalue weighted by atomic mass is 16.4. The fourth-order valence-corrected chi connectivity index (χ4v) is 2.78. The molecular weight excluding hydrogens is 256 g/mol. The molecule has 116 valence electrons. The predicted molar refractivity (Wildman–Crippen MR) is 78.5 cm³/mol.